The molecular weight excluding hydrogens is 401 g/mol. The molecule has 1 atom stereocenters. The van der Waals surface area contributed by atoms with Crippen molar-refractivity contribution in [3.05, 3.63) is 79.9 Å². The smallest absolute Gasteiger partial charge is 0.421 e. The third-order valence-corrected chi connectivity index (χ3v) is 4.65. The highest BCUT2D eigenvalue weighted by atomic mass is 19.4. The average Bonchev–Trinajstić information content (AvgIpc) is 2.66. The molecule has 0 bridgehead atoms. The Morgan fingerprint density at radius 2 is 2.03 bits per heavy atom. The van der Waals surface area contributed by atoms with Gasteiger partial charge in [-0.15, -0.1) is 0 Å². The minimum absolute atomic E-state index is 0.00471. The van der Waals surface area contributed by atoms with Gasteiger partial charge in [-0.1, -0.05) is 12.1 Å². The second-order valence-electron chi connectivity index (χ2n) is 6.63. The normalized spacial score (nSPS) is 17.0. The average molecular weight is 418 g/mol. The van der Waals surface area contributed by atoms with Gasteiger partial charge in [0.15, 0.2) is 5.43 Å². The molecular formula is C21H17F3N2O4. The van der Waals surface area contributed by atoms with Crippen molar-refractivity contribution in [3.8, 4) is 0 Å². The van der Waals surface area contributed by atoms with Crippen LogP contribution in [0.15, 0.2) is 56.1 Å². The van der Waals surface area contributed by atoms with E-state index in [1.165, 1.54) is 38.1 Å². The molecule has 3 rings (SSSR count). The Bertz CT molecular complexity index is 1200. The monoisotopic (exact) mass is 418 g/mol. The Kier molecular flexibility index (Phi) is 5.44. The maximum Gasteiger partial charge on any atom is 0.421 e. The largest absolute Gasteiger partial charge is 0.463 e. The Morgan fingerprint density at radius 3 is 2.63 bits per heavy atom. The maximum absolute atomic E-state index is 13.7. The van der Waals surface area contributed by atoms with Gasteiger partial charge in [0.05, 0.1) is 30.1 Å². The van der Waals surface area contributed by atoms with Crippen molar-refractivity contribution in [3.63, 3.8) is 0 Å². The molecule has 0 radical (unpaired) electrons. The van der Waals surface area contributed by atoms with E-state index in [0.29, 0.717) is 0 Å². The zero-order valence-corrected chi connectivity index (χ0v) is 16.3. The zero-order valence-electron chi connectivity index (χ0n) is 16.3. The van der Waals surface area contributed by atoms with E-state index in [4.69, 9.17) is 15.7 Å². The number of allylic oxidation sites excluding steroid dienone is 3. The number of hydrogen-bond donors (Lipinski definition) is 1. The molecule has 1 N–H and O–H groups in total. The highest BCUT2D eigenvalue weighted by molar-refractivity contribution is 5.94. The lowest BCUT2D eigenvalue weighted by Crippen LogP contribution is -2.35. The van der Waals surface area contributed by atoms with Gasteiger partial charge in [-0.25, -0.2) is 9.64 Å². The summed E-state index contributed by atoms with van der Waals surface area (Å²) in [5, 5.41) is 2.28. The van der Waals surface area contributed by atoms with Gasteiger partial charge in [0.25, 0.3) is 0 Å². The third kappa shape index (κ3) is 3.56. The first kappa shape index (κ1) is 21.2. The summed E-state index contributed by atoms with van der Waals surface area (Å²) in [7, 11) is 0. The van der Waals surface area contributed by atoms with Crippen molar-refractivity contribution >= 4 is 16.9 Å². The van der Waals surface area contributed by atoms with Gasteiger partial charge >= 0.3 is 12.1 Å². The van der Waals surface area contributed by atoms with Gasteiger partial charge < -0.3 is 14.5 Å². The van der Waals surface area contributed by atoms with Gasteiger partial charge in [-0.3, -0.25) is 4.79 Å². The van der Waals surface area contributed by atoms with E-state index in [2.05, 4.69) is 10.2 Å². The van der Waals surface area contributed by atoms with Crippen LogP contribution in [0.2, 0.25) is 0 Å². The molecule has 1 aromatic carbocycles. The molecule has 0 saturated carbocycles. The Labute approximate surface area is 169 Å². The summed E-state index contributed by atoms with van der Waals surface area (Å²) in [4.78, 5) is 28.1. The number of dihydropyridines is 1. The summed E-state index contributed by atoms with van der Waals surface area (Å²) < 4.78 is 51.8. The molecule has 156 valence electrons. The first-order chi connectivity index (χ1) is 14.1. The molecule has 0 unspecified atom stereocenters. The van der Waals surface area contributed by atoms with E-state index in [1.54, 1.807) is 6.92 Å². The summed E-state index contributed by atoms with van der Waals surface area (Å²) in [5.74, 6) is -2.04. The fourth-order valence-electron chi connectivity index (χ4n) is 3.48. The van der Waals surface area contributed by atoms with Crippen molar-refractivity contribution < 1.29 is 27.1 Å². The number of benzene rings is 1. The van der Waals surface area contributed by atoms with Crippen LogP contribution in [0.3, 0.4) is 0 Å². The molecule has 2 heterocycles. The number of nitrogens with zero attached hydrogens (tertiary/aromatic N) is 1. The molecule has 6 nitrogen and oxygen atoms in total. The number of aryl methyl sites for hydroxylation is 1. The standard InChI is InChI=1S/C21H17F3N2O4/c1-5-29-20(28)15-11(3)26-19(21(22,23)24)17(25-4)16(15)13-8-6-7-12-14(27)9-10(2)30-18(12)13/h6-9,16,26H,5H2,1-3H3/t16-/m0/s1. The number of ether oxygens (including phenoxy) is 1. The number of nitrogens with one attached hydrogen (secondary N) is 1. The number of para-hydroxylation sites is 1. The van der Waals surface area contributed by atoms with E-state index in [0.717, 1.165) is 0 Å². The molecule has 0 spiro atoms. The van der Waals surface area contributed by atoms with Gasteiger partial charge in [-0.05, 0) is 32.4 Å². The summed E-state index contributed by atoms with van der Waals surface area (Å²) >= 11 is 0. The number of carbonyl (C=O) groups is 1. The predicted molar refractivity (Wildman–Crippen MR) is 102 cm³/mol. The van der Waals surface area contributed by atoms with Crippen molar-refractivity contribution in [1.82, 2.24) is 5.32 Å². The molecule has 1 aliphatic rings. The number of halogens is 3. The zero-order chi connectivity index (χ0) is 22.2. The van der Waals surface area contributed by atoms with Crippen molar-refractivity contribution in [2.75, 3.05) is 6.61 Å². The van der Waals surface area contributed by atoms with Gasteiger partial charge in [0, 0.05) is 11.8 Å². The molecule has 9 heteroatoms. The fourth-order valence-corrected chi connectivity index (χ4v) is 3.48. The number of rotatable bonds is 3. The number of alkyl halides is 3. The molecule has 0 saturated heterocycles. The van der Waals surface area contributed by atoms with E-state index in [1.807, 2.05) is 0 Å². The molecule has 1 aliphatic heterocycles. The lowest BCUT2D eigenvalue weighted by atomic mass is 9.83. The molecule has 30 heavy (non-hydrogen) atoms. The Hall–Kier alpha value is -3.54. The van der Waals surface area contributed by atoms with E-state index in [9.17, 15) is 22.8 Å². The SMILES string of the molecule is [C-]#[N+]C1=C(C(F)(F)F)NC(C)=C(C(=O)OCC)[C@@H]1c1cccc2c(=O)cc(C)oc12. The van der Waals surface area contributed by atoms with Crippen LogP contribution >= 0.6 is 0 Å². The minimum Gasteiger partial charge on any atom is -0.463 e. The first-order valence-corrected chi connectivity index (χ1v) is 8.97. The number of fused-ring (bicyclic) bond motifs is 1. The maximum atomic E-state index is 13.7. The second kappa shape index (κ2) is 7.71. The number of carbonyl (C=O) groups excluding carboxylic acids is 1. The summed E-state index contributed by atoms with van der Waals surface area (Å²) in [5.41, 5.74) is -2.49. The van der Waals surface area contributed by atoms with Gasteiger partial charge in [-0.2, -0.15) is 13.2 Å². The van der Waals surface area contributed by atoms with Crippen molar-refractivity contribution in [2.24, 2.45) is 0 Å². The second-order valence-corrected chi connectivity index (χ2v) is 6.63. The van der Waals surface area contributed by atoms with Crippen LogP contribution in [0, 0.1) is 13.5 Å². The first-order valence-electron chi connectivity index (χ1n) is 8.97. The minimum atomic E-state index is -4.86. The van der Waals surface area contributed by atoms with Crippen LogP contribution in [0.5, 0.6) is 0 Å². The van der Waals surface area contributed by atoms with Crippen LogP contribution < -0.4 is 10.7 Å². The fraction of sp³-hybridized carbons (Fsp3) is 0.286. The van der Waals surface area contributed by atoms with Crippen LogP contribution in [-0.2, 0) is 9.53 Å². The van der Waals surface area contributed by atoms with E-state index in [-0.39, 0.29) is 45.6 Å². The van der Waals surface area contributed by atoms with Crippen LogP contribution in [0.4, 0.5) is 13.2 Å². The lowest BCUT2D eigenvalue weighted by Gasteiger charge is -2.30. The summed E-state index contributed by atoms with van der Waals surface area (Å²) in [6.45, 7) is 11.8. The number of esters is 1. The molecule has 2 aromatic rings. The Balaban J connectivity index is 2.42. The van der Waals surface area contributed by atoms with Gasteiger partial charge in [0.1, 0.15) is 17.0 Å². The molecule has 1 aromatic heterocycles. The van der Waals surface area contributed by atoms with Gasteiger partial charge in [0.2, 0.25) is 5.70 Å². The topological polar surface area (TPSA) is 72.9 Å². The summed E-state index contributed by atoms with van der Waals surface area (Å²) in [6.07, 6.45) is -4.86. The van der Waals surface area contributed by atoms with Crippen LogP contribution in [0.25, 0.3) is 15.8 Å². The molecule has 0 aliphatic carbocycles. The van der Waals surface area contributed by atoms with E-state index >= 15 is 0 Å². The quantitative estimate of drug-likeness (QED) is 0.594. The summed E-state index contributed by atoms with van der Waals surface area (Å²) in [6, 6.07) is 5.64. The predicted octanol–water partition coefficient (Wildman–Crippen LogP) is 4.32. The highest BCUT2D eigenvalue weighted by Gasteiger charge is 2.45. The van der Waals surface area contributed by atoms with Crippen molar-refractivity contribution in [1.29, 1.82) is 0 Å². The van der Waals surface area contributed by atoms with Crippen LogP contribution in [0.1, 0.15) is 31.1 Å². The van der Waals surface area contributed by atoms with Crippen molar-refractivity contribution in [2.45, 2.75) is 32.9 Å². The van der Waals surface area contributed by atoms with E-state index < -0.39 is 29.5 Å². The molecule has 0 amide bonds. The number of hydrogen-bond acceptors (Lipinski definition) is 5. The van der Waals surface area contributed by atoms with Crippen LogP contribution in [-0.4, -0.2) is 18.8 Å². The molecule has 0 fully saturated rings. The highest BCUT2D eigenvalue weighted by Crippen LogP contribution is 2.45. The third-order valence-electron chi connectivity index (χ3n) is 4.65. The lowest BCUT2D eigenvalue weighted by molar-refractivity contribution is -0.139. The Morgan fingerprint density at radius 1 is 1.33 bits per heavy atom.